The third-order valence-electron chi connectivity index (χ3n) is 5.92. The molecule has 6 heteroatoms. The molecule has 0 amide bonds. The molecule has 0 bridgehead atoms. The van der Waals surface area contributed by atoms with Crippen LogP contribution in [0.3, 0.4) is 0 Å². The van der Waals surface area contributed by atoms with Gasteiger partial charge in [-0.05, 0) is 28.8 Å². The average molecular weight is 504 g/mol. The number of carbonyl (C=O) groups excluding carboxylic acids is 2. The van der Waals surface area contributed by atoms with Crippen molar-refractivity contribution in [3.05, 3.63) is 137 Å². The van der Waals surface area contributed by atoms with E-state index in [0.717, 1.165) is 16.7 Å². The van der Waals surface area contributed by atoms with Gasteiger partial charge in [-0.25, -0.2) is 9.78 Å². The van der Waals surface area contributed by atoms with Gasteiger partial charge in [0.05, 0.1) is 11.1 Å². The number of pyridine rings is 1. The molecule has 4 aromatic carbocycles. The highest BCUT2D eigenvalue weighted by Gasteiger charge is 2.19. The Morgan fingerprint density at radius 1 is 0.658 bits per heavy atom. The maximum atomic E-state index is 13.1. The van der Waals surface area contributed by atoms with Crippen LogP contribution in [0.25, 0.3) is 10.9 Å². The Labute approximate surface area is 220 Å². The Morgan fingerprint density at radius 2 is 1.16 bits per heavy atom. The molecule has 5 rings (SSSR count). The Morgan fingerprint density at radius 3 is 1.68 bits per heavy atom. The molecule has 1 aromatic heterocycles. The lowest BCUT2D eigenvalue weighted by atomic mass is 10.1. The lowest BCUT2D eigenvalue weighted by Gasteiger charge is -2.16. The van der Waals surface area contributed by atoms with Gasteiger partial charge in [0.25, 0.3) is 0 Å². The van der Waals surface area contributed by atoms with E-state index in [1.165, 1.54) is 6.07 Å². The fourth-order valence-corrected chi connectivity index (χ4v) is 3.98. The summed E-state index contributed by atoms with van der Waals surface area (Å²) in [5.41, 5.74) is 3.61. The summed E-state index contributed by atoms with van der Waals surface area (Å²) in [6.07, 6.45) is 0.609. The number of rotatable bonds is 10. The van der Waals surface area contributed by atoms with Crippen LogP contribution in [0.1, 0.15) is 37.5 Å². The lowest BCUT2D eigenvalue weighted by molar-refractivity contribution is 0.0475. The Balaban J connectivity index is 1.50. The van der Waals surface area contributed by atoms with Crippen molar-refractivity contribution >= 4 is 23.2 Å². The number of hydrogen-bond acceptors (Lipinski definition) is 6. The molecule has 0 aliphatic rings. The fraction of sp³-hybridized carbons (Fsp3) is 0.0938. The van der Waals surface area contributed by atoms with E-state index in [-0.39, 0.29) is 17.9 Å². The second-order valence-electron chi connectivity index (χ2n) is 8.64. The number of aromatic nitrogens is 1. The normalized spacial score (nSPS) is 10.6. The van der Waals surface area contributed by atoms with E-state index >= 15 is 0 Å². The number of nitrogens with zero attached hydrogens (tertiary/aromatic N) is 1. The minimum atomic E-state index is -0.559. The van der Waals surface area contributed by atoms with Crippen molar-refractivity contribution in [2.75, 3.05) is 0 Å². The number of hydrogen-bond donors (Lipinski definition) is 0. The number of aldehydes is 1. The summed E-state index contributed by atoms with van der Waals surface area (Å²) in [7, 11) is 0. The van der Waals surface area contributed by atoms with Gasteiger partial charge in [0.1, 0.15) is 25.5 Å². The number of fused-ring (bicyclic) bond motifs is 1. The van der Waals surface area contributed by atoms with Gasteiger partial charge in [-0.15, -0.1) is 0 Å². The first kappa shape index (κ1) is 24.7. The highest BCUT2D eigenvalue weighted by Crippen LogP contribution is 2.35. The maximum Gasteiger partial charge on any atom is 0.339 e. The van der Waals surface area contributed by atoms with Gasteiger partial charge in [-0.1, -0.05) is 91.0 Å². The van der Waals surface area contributed by atoms with E-state index in [4.69, 9.17) is 14.2 Å². The minimum Gasteiger partial charge on any atom is -0.485 e. The zero-order valence-corrected chi connectivity index (χ0v) is 20.6. The van der Waals surface area contributed by atoms with E-state index in [0.29, 0.717) is 41.9 Å². The van der Waals surface area contributed by atoms with Crippen LogP contribution in [0, 0.1) is 0 Å². The smallest absolute Gasteiger partial charge is 0.339 e. The standard InChI is InChI=1S/C32H25NO5/c34-19-26-16-28(32(35)38-22-25-14-8-3-9-15-25)27-17-30(36-20-23-10-4-1-5-11-23)31(18-29(27)33-26)37-21-24-12-6-2-7-13-24/h1-19H,20-22H2. The Bertz CT molecular complexity index is 1540. The van der Waals surface area contributed by atoms with Gasteiger partial charge in [0, 0.05) is 11.5 Å². The highest BCUT2D eigenvalue weighted by atomic mass is 16.5. The molecule has 0 aliphatic carbocycles. The molecular weight excluding hydrogens is 478 g/mol. The highest BCUT2D eigenvalue weighted by molar-refractivity contribution is 6.05. The molecule has 188 valence electrons. The van der Waals surface area contributed by atoms with Crippen LogP contribution in [0.4, 0.5) is 0 Å². The van der Waals surface area contributed by atoms with Crippen molar-refractivity contribution in [2.45, 2.75) is 19.8 Å². The molecular formula is C32H25NO5. The van der Waals surface area contributed by atoms with Crippen molar-refractivity contribution in [3.8, 4) is 11.5 Å². The van der Waals surface area contributed by atoms with Crippen LogP contribution >= 0.6 is 0 Å². The minimum absolute atomic E-state index is 0.107. The van der Waals surface area contributed by atoms with Crippen LogP contribution in [-0.2, 0) is 24.6 Å². The van der Waals surface area contributed by atoms with Gasteiger partial charge in [-0.3, -0.25) is 4.79 Å². The molecule has 0 radical (unpaired) electrons. The first-order chi connectivity index (χ1) is 18.7. The average Bonchev–Trinajstić information content (AvgIpc) is 2.98. The second-order valence-corrected chi connectivity index (χ2v) is 8.64. The lowest BCUT2D eigenvalue weighted by Crippen LogP contribution is -2.08. The van der Waals surface area contributed by atoms with Gasteiger partial charge in [0.2, 0.25) is 0 Å². The van der Waals surface area contributed by atoms with Crippen molar-refractivity contribution in [1.82, 2.24) is 4.98 Å². The summed E-state index contributed by atoms with van der Waals surface area (Å²) < 4.78 is 17.9. The second kappa shape index (κ2) is 11.8. The molecule has 0 aliphatic heterocycles. The van der Waals surface area contributed by atoms with Crippen molar-refractivity contribution in [2.24, 2.45) is 0 Å². The molecule has 0 unspecified atom stereocenters. The topological polar surface area (TPSA) is 74.7 Å². The number of benzene rings is 4. The molecule has 1 heterocycles. The molecule has 0 saturated heterocycles. The third-order valence-corrected chi connectivity index (χ3v) is 5.92. The van der Waals surface area contributed by atoms with E-state index < -0.39 is 5.97 Å². The van der Waals surface area contributed by atoms with Crippen molar-refractivity contribution in [1.29, 1.82) is 0 Å². The molecule has 0 N–H and O–H groups in total. The quantitative estimate of drug-likeness (QED) is 0.159. The predicted octanol–water partition coefficient (Wildman–Crippen LogP) is 6.56. The zero-order valence-electron chi connectivity index (χ0n) is 20.6. The molecule has 6 nitrogen and oxygen atoms in total. The number of esters is 1. The number of ether oxygens (including phenoxy) is 3. The van der Waals surface area contributed by atoms with Crippen LogP contribution in [-0.4, -0.2) is 17.2 Å². The summed E-state index contributed by atoms with van der Waals surface area (Å²) in [4.78, 5) is 29.2. The van der Waals surface area contributed by atoms with Crippen LogP contribution < -0.4 is 9.47 Å². The molecule has 0 saturated carbocycles. The number of carbonyl (C=O) groups is 2. The van der Waals surface area contributed by atoms with E-state index in [2.05, 4.69) is 4.98 Å². The zero-order chi connectivity index (χ0) is 26.2. The molecule has 5 aromatic rings. The Kier molecular flexibility index (Phi) is 7.70. The Hall–Kier alpha value is -4.97. The maximum absolute atomic E-state index is 13.1. The summed E-state index contributed by atoms with van der Waals surface area (Å²) in [6.45, 7) is 0.727. The van der Waals surface area contributed by atoms with Crippen LogP contribution in [0.2, 0.25) is 0 Å². The largest absolute Gasteiger partial charge is 0.485 e. The van der Waals surface area contributed by atoms with Crippen molar-refractivity contribution in [3.63, 3.8) is 0 Å². The molecule has 38 heavy (non-hydrogen) atoms. The summed E-state index contributed by atoms with van der Waals surface area (Å²) in [6, 6.07) is 33.8. The van der Waals surface area contributed by atoms with Crippen molar-refractivity contribution < 1.29 is 23.8 Å². The first-order valence-corrected chi connectivity index (χ1v) is 12.2. The molecule has 0 atom stereocenters. The van der Waals surface area contributed by atoms with Gasteiger partial charge in [0.15, 0.2) is 17.8 Å². The van der Waals surface area contributed by atoms with E-state index in [1.54, 1.807) is 12.1 Å². The summed E-state index contributed by atoms with van der Waals surface area (Å²) >= 11 is 0. The summed E-state index contributed by atoms with van der Waals surface area (Å²) in [5, 5.41) is 0.504. The SMILES string of the molecule is O=Cc1cc(C(=O)OCc2ccccc2)c2cc(OCc3ccccc3)c(OCc3ccccc3)cc2n1. The predicted molar refractivity (Wildman–Crippen MR) is 144 cm³/mol. The van der Waals surface area contributed by atoms with E-state index in [1.807, 2.05) is 91.0 Å². The third kappa shape index (κ3) is 6.05. The van der Waals surface area contributed by atoms with Crippen LogP contribution in [0.15, 0.2) is 109 Å². The monoisotopic (exact) mass is 503 g/mol. The molecule has 0 fully saturated rings. The summed E-state index contributed by atoms with van der Waals surface area (Å²) in [5.74, 6) is 0.350. The van der Waals surface area contributed by atoms with Crippen LogP contribution in [0.5, 0.6) is 11.5 Å². The fourth-order valence-electron chi connectivity index (χ4n) is 3.98. The van der Waals surface area contributed by atoms with Gasteiger partial charge in [-0.2, -0.15) is 0 Å². The first-order valence-electron chi connectivity index (χ1n) is 12.2. The van der Waals surface area contributed by atoms with E-state index in [9.17, 15) is 9.59 Å². The van der Waals surface area contributed by atoms with Gasteiger partial charge < -0.3 is 14.2 Å². The molecule has 0 spiro atoms. The van der Waals surface area contributed by atoms with Gasteiger partial charge >= 0.3 is 5.97 Å².